The Morgan fingerprint density at radius 1 is 1.14 bits per heavy atom. The quantitative estimate of drug-likeness (QED) is 0.681. The van der Waals surface area contributed by atoms with E-state index in [1.165, 1.54) is 0 Å². The summed E-state index contributed by atoms with van der Waals surface area (Å²) in [5.41, 5.74) is 3.73. The first-order valence-corrected chi connectivity index (χ1v) is 6.92. The van der Waals surface area contributed by atoms with Crippen molar-refractivity contribution in [2.75, 3.05) is 5.32 Å². The molecule has 3 rings (SSSR count). The van der Waals surface area contributed by atoms with E-state index < -0.39 is 0 Å². The second kappa shape index (κ2) is 5.89. The Morgan fingerprint density at radius 3 is 2.81 bits per heavy atom. The Kier molecular flexibility index (Phi) is 3.79. The third-order valence-electron chi connectivity index (χ3n) is 3.23. The molecule has 5 heteroatoms. The number of hydrogen-bond donors (Lipinski definition) is 3. The molecule has 1 aromatic heterocycles. The molecule has 0 fully saturated rings. The van der Waals surface area contributed by atoms with Gasteiger partial charge < -0.3 is 10.4 Å². The molecular weight excluding hydrogens is 286 g/mol. The van der Waals surface area contributed by atoms with Crippen molar-refractivity contribution >= 4 is 17.3 Å². The van der Waals surface area contributed by atoms with Gasteiger partial charge in [0.25, 0.3) is 0 Å². The summed E-state index contributed by atoms with van der Waals surface area (Å²) in [6.07, 6.45) is 1.72. The maximum Gasteiger partial charge on any atom is 0.139 e. The molecule has 0 spiro atoms. The number of nitrogens with zero attached hydrogens (tertiary/aromatic N) is 1. The molecule has 0 aliphatic rings. The lowest BCUT2D eigenvalue weighted by Gasteiger charge is -2.10. The number of H-pyrrole nitrogens is 1. The summed E-state index contributed by atoms with van der Waals surface area (Å²) < 4.78 is 0. The summed E-state index contributed by atoms with van der Waals surface area (Å²) >= 11 is 5.90. The highest BCUT2D eigenvalue weighted by atomic mass is 35.5. The standard InChI is InChI=1S/C16H14ClN3O/c17-14-6-2-4-12(16(14)21)10-18-13-5-1-3-11(9-13)15-7-8-19-20-15/h1-9,18,21H,10H2,(H,19,20). The first-order valence-electron chi connectivity index (χ1n) is 6.54. The lowest BCUT2D eigenvalue weighted by Crippen LogP contribution is -2.00. The van der Waals surface area contributed by atoms with Crippen molar-refractivity contribution in [1.82, 2.24) is 10.2 Å². The normalized spacial score (nSPS) is 10.5. The van der Waals surface area contributed by atoms with E-state index in [4.69, 9.17) is 11.6 Å². The fraction of sp³-hybridized carbons (Fsp3) is 0.0625. The highest BCUT2D eigenvalue weighted by Gasteiger charge is 2.05. The minimum atomic E-state index is 0.122. The van der Waals surface area contributed by atoms with Crippen molar-refractivity contribution in [3.8, 4) is 17.0 Å². The highest BCUT2D eigenvalue weighted by molar-refractivity contribution is 6.32. The third-order valence-corrected chi connectivity index (χ3v) is 3.53. The van der Waals surface area contributed by atoms with Gasteiger partial charge in [0.15, 0.2) is 0 Å². The number of anilines is 1. The minimum Gasteiger partial charge on any atom is -0.506 e. The Morgan fingerprint density at radius 2 is 2.00 bits per heavy atom. The predicted molar refractivity (Wildman–Crippen MR) is 84.5 cm³/mol. The second-order valence-electron chi connectivity index (χ2n) is 4.65. The van der Waals surface area contributed by atoms with Crippen LogP contribution in [0.2, 0.25) is 5.02 Å². The highest BCUT2D eigenvalue weighted by Crippen LogP contribution is 2.28. The molecule has 0 aliphatic carbocycles. The molecule has 0 saturated carbocycles. The maximum atomic E-state index is 9.90. The van der Waals surface area contributed by atoms with Gasteiger partial charge in [-0.05, 0) is 24.3 Å². The first-order chi connectivity index (χ1) is 10.2. The van der Waals surface area contributed by atoms with E-state index in [0.717, 1.165) is 22.5 Å². The van der Waals surface area contributed by atoms with E-state index in [1.807, 2.05) is 42.5 Å². The van der Waals surface area contributed by atoms with Gasteiger partial charge in [-0.3, -0.25) is 5.10 Å². The summed E-state index contributed by atoms with van der Waals surface area (Å²) in [7, 11) is 0. The van der Waals surface area contributed by atoms with Gasteiger partial charge in [0, 0.05) is 29.6 Å². The number of benzene rings is 2. The summed E-state index contributed by atoms with van der Waals surface area (Å²) in [5.74, 6) is 0.122. The van der Waals surface area contributed by atoms with E-state index in [9.17, 15) is 5.11 Å². The molecule has 3 N–H and O–H groups in total. The number of para-hydroxylation sites is 1. The number of aromatic hydroxyl groups is 1. The zero-order valence-electron chi connectivity index (χ0n) is 11.2. The van der Waals surface area contributed by atoms with Crippen LogP contribution in [0, 0.1) is 0 Å². The molecule has 106 valence electrons. The van der Waals surface area contributed by atoms with Crippen molar-refractivity contribution in [1.29, 1.82) is 0 Å². The summed E-state index contributed by atoms with van der Waals surface area (Å²) in [6.45, 7) is 0.499. The van der Waals surface area contributed by atoms with Gasteiger partial charge in [0.1, 0.15) is 5.75 Å². The van der Waals surface area contributed by atoms with Crippen LogP contribution in [0.1, 0.15) is 5.56 Å². The molecule has 0 saturated heterocycles. The van der Waals surface area contributed by atoms with Gasteiger partial charge in [-0.2, -0.15) is 5.10 Å². The molecule has 1 heterocycles. The molecule has 3 aromatic rings. The zero-order valence-corrected chi connectivity index (χ0v) is 11.9. The molecule has 0 unspecified atom stereocenters. The fourth-order valence-electron chi connectivity index (χ4n) is 2.11. The van der Waals surface area contributed by atoms with Crippen molar-refractivity contribution < 1.29 is 5.11 Å². The Hall–Kier alpha value is -2.46. The minimum absolute atomic E-state index is 0.122. The van der Waals surface area contributed by atoms with Crippen LogP contribution < -0.4 is 5.32 Å². The zero-order chi connectivity index (χ0) is 14.7. The fourth-order valence-corrected chi connectivity index (χ4v) is 2.31. The number of rotatable bonds is 4. The van der Waals surface area contributed by atoms with Crippen LogP contribution in [0.15, 0.2) is 54.7 Å². The Labute approximate surface area is 127 Å². The molecule has 0 bridgehead atoms. The van der Waals surface area contributed by atoms with Crippen molar-refractivity contribution in [3.05, 3.63) is 65.3 Å². The molecule has 2 aromatic carbocycles. The van der Waals surface area contributed by atoms with Crippen molar-refractivity contribution in [2.24, 2.45) is 0 Å². The first kappa shape index (κ1) is 13.5. The average Bonchev–Trinajstić information content (AvgIpc) is 3.03. The Bertz CT molecular complexity index is 741. The summed E-state index contributed by atoms with van der Waals surface area (Å²) in [6, 6.07) is 15.2. The number of phenols is 1. The van der Waals surface area contributed by atoms with E-state index >= 15 is 0 Å². The SMILES string of the molecule is Oc1c(Cl)cccc1CNc1cccc(-c2ccn[nH]2)c1. The predicted octanol–water partition coefficient (Wildman–Crippen LogP) is 4.05. The number of phenolic OH excluding ortho intramolecular Hbond substituents is 1. The monoisotopic (exact) mass is 299 g/mol. The molecular formula is C16H14ClN3O. The van der Waals surface area contributed by atoms with Crippen LogP contribution in [0.5, 0.6) is 5.75 Å². The molecule has 0 atom stereocenters. The van der Waals surface area contributed by atoms with Crippen LogP contribution in [0.3, 0.4) is 0 Å². The lowest BCUT2D eigenvalue weighted by molar-refractivity contribution is 0.469. The van der Waals surface area contributed by atoms with Crippen LogP contribution >= 0.6 is 11.6 Å². The van der Waals surface area contributed by atoms with Crippen molar-refractivity contribution in [2.45, 2.75) is 6.54 Å². The number of nitrogens with one attached hydrogen (secondary N) is 2. The molecule has 0 aliphatic heterocycles. The number of aromatic nitrogens is 2. The van der Waals surface area contributed by atoms with Gasteiger partial charge in [-0.15, -0.1) is 0 Å². The summed E-state index contributed by atoms with van der Waals surface area (Å²) in [5, 5.41) is 20.4. The molecule has 21 heavy (non-hydrogen) atoms. The molecule has 4 nitrogen and oxygen atoms in total. The van der Waals surface area contributed by atoms with Crippen LogP contribution in [-0.4, -0.2) is 15.3 Å². The Balaban J connectivity index is 1.77. The van der Waals surface area contributed by atoms with Gasteiger partial charge in [-0.1, -0.05) is 35.9 Å². The van der Waals surface area contributed by atoms with Crippen LogP contribution in [0.25, 0.3) is 11.3 Å². The molecule has 0 amide bonds. The average molecular weight is 300 g/mol. The van der Waals surface area contributed by atoms with Crippen LogP contribution in [0.4, 0.5) is 5.69 Å². The van der Waals surface area contributed by atoms with Gasteiger partial charge in [-0.25, -0.2) is 0 Å². The number of aromatic amines is 1. The van der Waals surface area contributed by atoms with E-state index in [1.54, 1.807) is 12.3 Å². The lowest BCUT2D eigenvalue weighted by atomic mass is 10.1. The van der Waals surface area contributed by atoms with Gasteiger partial charge in [0.05, 0.1) is 10.7 Å². The topological polar surface area (TPSA) is 60.9 Å². The molecule has 0 radical (unpaired) electrons. The number of halogens is 1. The van der Waals surface area contributed by atoms with Crippen molar-refractivity contribution in [3.63, 3.8) is 0 Å². The summed E-state index contributed by atoms with van der Waals surface area (Å²) in [4.78, 5) is 0. The van der Waals surface area contributed by atoms with Gasteiger partial charge in [0.2, 0.25) is 0 Å². The third kappa shape index (κ3) is 3.01. The smallest absolute Gasteiger partial charge is 0.139 e. The van der Waals surface area contributed by atoms with E-state index in [2.05, 4.69) is 15.5 Å². The second-order valence-corrected chi connectivity index (χ2v) is 5.06. The van der Waals surface area contributed by atoms with Crippen LogP contribution in [-0.2, 0) is 6.54 Å². The van der Waals surface area contributed by atoms with E-state index in [-0.39, 0.29) is 5.75 Å². The van der Waals surface area contributed by atoms with E-state index in [0.29, 0.717) is 11.6 Å². The largest absolute Gasteiger partial charge is 0.506 e. The number of hydrogen-bond acceptors (Lipinski definition) is 3. The van der Waals surface area contributed by atoms with Gasteiger partial charge >= 0.3 is 0 Å². The maximum absolute atomic E-state index is 9.90.